The van der Waals surface area contributed by atoms with Crippen molar-refractivity contribution in [2.24, 2.45) is 5.41 Å². The van der Waals surface area contributed by atoms with E-state index in [1.54, 1.807) is 6.07 Å². The van der Waals surface area contributed by atoms with Gasteiger partial charge in [-0.25, -0.2) is 0 Å². The van der Waals surface area contributed by atoms with Crippen molar-refractivity contribution in [1.82, 2.24) is 4.90 Å². The minimum Gasteiger partial charge on any atom is -0.486 e. The van der Waals surface area contributed by atoms with E-state index < -0.39 is 5.41 Å². The van der Waals surface area contributed by atoms with Crippen LogP contribution in [0.1, 0.15) is 55.5 Å². The maximum atomic E-state index is 13.5. The summed E-state index contributed by atoms with van der Waals surface area (Å²) in [6.45, 7) is 7.15. The lowest BCUT2D eigenvalue weighted by atomic mass is 9.72. The summed E-state index contributed by atoms with van der Waals surface area (Å²) in [5.41, 5.74) is 0.928. The van der Waals surface area contributed by atoms with E-state index in [1.165, 1.54) is 0 Å². The zero-order valence-electron chi connectivity index (χ0n) is 16.2. The Hall–Kier alpha value is -2.24. The van der Waals surface area contributed by atoms with Crippen molar-refractivity contribution in [2.45, 2.75) is 58.5 Å². The van der Waals surface area contributed by atoms with Crippen molar-refractivity contribution in [3.05, 3.63) is 23.3 Å². The van der Waals surface area contributed by atoms with Crippen molar-refractivity contribution < 1.29 is 23.8 Å². The Bertz CT molecular complexity index is 776. The number of hydrogen-bond acceptors (Lipinski definition) is 5. The van der Waals surface area contributed by atoms with Crippen LogP contribution in [-0.2, 0) is 9.53 Å². The molecule has 0 radical (unpaired) electrons. The Balaban J connectivity index is 1.66. The Labute approximate surface area is 159 Å². The summed E-state index contributed by atoms with van der Waals surface area (Å²) in [6, 6.07) is 3.67. The van der Waals surface area contributed by atoms with Crippen LogP contribution in [0.2, 0.25) is 0 Å². The molecule has 3 aliphatic rings. The molecule has 2 saturated heterocycles. The van der Waals surface area contributed by atoms with Gasteiger partial charge in [0.15, 0.2) is 11.5 Å². The van der Waals surface area contributed by atoms with Gasteiger partial charge >= 0.3 is 5.97 Å². The fourth-order valence-electron chi connectivity index (χ4n) is 5.07. The van der Waals surface area contributed by atoms with Crippen molar-refractivity contribution >= 4 is 11.9 Å². The Morgan fingerprint density at radius 3 is 2.56 bits per heavy atom. The van der Waals surface area contributed by atoms with E-state index in [0.29, 0.717) is 49.7 Å². The fourth-order valence-corrected chi connectivity index (χ4v) is 5.07. The lowest BCUT2D eigenvalue weighted by Crippen LogP contribution is -2.45. The Morgan fingerprint density at radius 2 is 1.89 bits per heavy atom. The molecule has 1 amide bonds. The molecule has 3 aliphatic heterocycles. The maximum Gasteiger partial charge on any atom is 0.314 e. The smallest absolute Gasteiger partial charge is 0.314 e. The van der Waals surface area contributed by atoms with Gasteiger partial charge in [0.05, 0.1) is 12.0 Å². The number of carbonyl (C=O) groups is 2. The number of ether oxygens (including phenoxy) is 3. The molecule has 6 nitrogen and oxygen atoms in total. The van der Waals surface area contributed by atoms with E-state index in [1.807, 2.05) is 31.7 Å². The number of rotatable bonds is 4. The van der Waals surface area contributed by atoms with Crippen LogP contribution in [0.5, 0.6) is 11.5 Å². The molecule has 2 bridgehead atoms. The van der Waals surface area contributed by atoms with E-state index in [2.05, 4.69) is 0 Å². The van der Waals surface area contributed by atoms with Gasteiger partial charge in [-0.15, -0.1) is 0 Å². The highest BCUT2D eigenvalue weighted by Crippen LogP contribution is 2.53. The number of carbonyl (C=O) groups excluding carboxylic acids is 2. The highest BCUT2D eigenvalue weighted by atomic mass is 16.6. The molecule has 1 aromatic carbocycles. The predicted molar refractivity (Wildman–Crippen MR) is 99.1 cm³/mol. The lowest BCUT2D eigenvalue weighted by molar-refractivity contribution is -0.157. The molecule has 146 valence electrons. The van der Waals surface area contributed by atoms with Crippen LogP contribution in [-0.4, -0.2) is 48.7 Å². The third-order valence-corrected chi connectivity index (χ3v) is 6.41. The third kappa shape index (κ3) is 2.68. The van der Waals surface area contributed by atoms with Gasteiger partial charge in [-0.1, -0.05) is 6.92 Å². The molecule has 27 heavy (non-hydrogen) atoms. The van der Waals surface area contributed by atoms with E-state index in [0.717, 1.165) is 18.4 Å². The van der Waals surface area contributed by atoms with Gasteiger partial charge in [-0.2, -0.15) is 0 Å². The number of esters is 1. The first-order chi connectivity index (χ1) is 13.0. The molecule has 6 heteroatoms. The van der Waals surface area contributed by atoms with Crippen LogP contribution in [0.15, 0.2) is 12.1 Å². The van der Waals surface area contributed by atoms with Crippen molar-refractivity contribution in [1.29, 1.82) is 0 Å². The van der Waals surface area contributed by atoms with Gasteiger partial charge in [0, 0.05) is 17.6 Å². The molecular weight excluding hydrogens is 346 g/mol. The zero-order valence-corrected chi connectivity index (χ0v) is 16.2. The van der Waals surface area contributed by atoms with Gasteiger partial charge < -0.3 is 19.1 Å². The zero-order chi connectivity index (χ0) is 19.2. The molecule has 2 fully saturated rings. The standard InChI is InChI=1S/C21H27NO5/c1-4-21(20(24)25-5-2)12-14-6-7-18(21)22(14)19(23)15-11-17-16(10-13(15)3)26-8-9-27-17/h10-11,14,18H,4-9,12H2,1-3H3/t14-,18+,21+/m1/s1. The van der Waals surface area contributed by atoms with Crippen LogP contribution in [0.3, 0.4) is 0 Å². The van der Waals surface area contributed by atoms with Crippen molar-refractivity contribution in [3.63, 3.8) is 0 Å². The number of fused-ring (bicyclic) bond motifs is 3. The lowest BCUT2D eigenvalue weighted by Gasteiger charge is -2.34. The summed E-state index contributed by atoms with van der Waals surface area (Å²) < 4.78 is 16.7. The SMILES string of the molecule is CCOC(=O)[C@@]1(CC)C[C@H]2CC[C@@H]1N2C(=O)c1cc2c(cc1C)OCCO2. The minimum absolute atomic E-state index is 0.0170. The van der Waals surface area contributed by atoms with Gasteiger partial charge in [0.2, 0.25) is 0 Å². The monoisotopic (exact) mass is 373 g/mol. The second-order valence-electron chi connectivity index (χ2n) is 7.70. The van der Waals surface area contributed by atoms with Crippen LogP contribution in [0.4, 0.5) is 0 Å². The summed E-state index contributed by atoms with van der Waals surface area (Å²) >= 11 is 0. The topological polar surface area (TPSA) is 65.1 Å². The highest BCUT2D eigenvalue weighted by molar-refractivity contribution is 5.98. The third-order valence-electron chi connectivity index (χ3n) is 6.41. The maximum absolute atomic E-state index is 13.5. The second kappa shape index (κ2) is 6.73. The first-order valence-corrected chi connectivity index (χ1v) is 9.92. The number of nitrogens with zero attached hydrogens (tertiary/aromatic N) is 1. The van der Waals surface area contributed by atoms with Crippen LogP contribution >= 0.6 is 0 Å². The Morgan fingerprint density at radius 1 is 1.19 bits per heavy atom. The minimum atomic E-state index is -0.573. The van der Waals surface area contributed by atoms with Gasteiger partial charge in [-0.3, -0.25) is 9.59 Å². The van der Waals surface area contributed by atoms with Crippen molar-refractivity contribution in [3.8, 4) is 11.5 Å². The number of amides is 1. The van der Waals surface area contributed by atoms with E-state index in [4.69, 9.17) is 14.2 Å². The fraction of sp³-hybridized carbons (Fsp3) is 0.619. The molecule has 0 spiro atoms. The summed E-state index contributed by atoms with van der Waals surface area (Å²) in [4.78, 5) is 28.2. The average molecular weight is 373 g/mol. The molecule has 0 aromatic heterocycles. The average Bonchev–Trinajstić information content (AvgIpc) is 3.23. The van der Waals surface area contributed by atoms with E-state index >= 15 is 0 Å². The van der Waals surface area contributed by atoms with Crippen molar-refractivity contribution in [2.75, 3.05) is 19.8 Å². The van der Waals surface area contributed by atoms with Gasteiger partial charge in [0.1, 0.15) is 13.2 Å². The van der Waals surface area contributed by atoms with Crippen LogP contribution in [0.25, 0.3) is 0 Å². The molecule has 3 atom stereocenters. The highest BCUT2D eigenvalue weighted by Gasteiger charge is 2.61. The quantitative estimate of drug-likeness (QED) is 0.759. The summed E-state index contributed by atoms with van der Waals surface area (Å²) in [5, 5.41) is 0. The van der Waals surface area contributed by atoms with Gasteiger partial charge in [0.25, 0.3) is 5.91 Å². The van der Waals surface area contributed by atoms with Crippen LogP contribution in [0, 0.1) is 12.3 Å². The summed E-state index contributed by atoms with van der Waals surface area (Å²) in [7, 11) is 0. The molecular formula is C21H27NO5. The first kappa shape index (κ1) is 18.1. The molecule has 0 aliphatic carbocycles. The molecule has 0 saturated carbocycles. The van der Waals surface area contributed by atoms with E-state index in [-0.39, 0.29) is 24.0 Å². The second-order valence-corrected chi connectivity index (χ2v) is 7.70. The molecule has 0 unspecified atom stereocenters. The van der Waals surface area contributed by atoms with Crippen LogP contribution < -0.4 is 9.47 Å². The molecule has 4 rings (SSSR count). The number of aryl methyl sites for hydroxylation is 1. The van der Waals surface area contributed by atoms with E-state index in [9.17, 15) is 9.59 Å². The number of hydrogen-bond donors (Lipinski definition) is 0. The molecule has 1 aromatic rings. The van der Waals surface area contributed by atoms with Gasteiger partial charge in [-0.05, 0) is 57.2 Å². The Kier molecular flexibility index (Phi) is 4.52. The molecule has 0 N–H and O–H groups in total. The number of benzene rings is 1. The summed E-state index contributed by atoms with van der Waals surface area (Å²) in [5.74, 6) is 1.14. The normalized spacial score (nSPS) is 28.3. The largest absolute Gasteiger partial charge is 0.486 e. The predicted octanol–water partition coefficient (Wildman–Crippen LogP) is 3.10. The first-order valence-electron chi connectivity index (χ1n) is 9.92. The summed E-state index contributed by atoms with van der Waals surface area (Å²) in [6.07, 6.45) is 3.19. The molecule has 3 heterocycles.